The second-order valence-electron chi connectivity index (χ2n) is 13.0. The first-order valence-corrected chi connectivity index (χ1v) is 17.2. The van der Waals surface area contributed by atoms with E-state index in [-0.39, 0.29) is 49.6 Å². The highest BCUT2D eigenvalue weighted by atomic mass is 35.5. The summed E-state index contributed by atoms with van der Waals surface area (Å²) in [5, 5.41) is 11.6. The second-order valence-corrected chi connectivity index (χ2v) is 13.9. The van der Waals surface area contributed by atoms with Crippen molar-refractivity contribution in [2.24, 2.45) is 5.92 Å². The molecule has 0 aliphatic heterocycles. The molecule has 4 nitrogen and oxygen atoms in total. The first-order chi connectivity index (χ1) is 21.0. The van der Waals surface area contributed by atoms with Gasteiger partial charge in [0, 0.05) is 62.2 Å². The van der Waals surface area contributed by atoms with Crippen LogP contribution in [0.15, 0.2) is 48.0 Å². The number of nitrogens with zero attached hydrogens (tertiary/aromatic N) is 2. The second kappa shape index (κ2) is 17.8. The lowest BCUT2D eigenvalue weighted by atomic mass is 9.71. The highest BCUT2D eigenvalue weighted by Gasteiger charge is 2.33. The van der Waals surface area contributed by atoms with Gasteiger partial charge >= 0.3 is 0 Å². The summed E-state index contributed by atoms with van der Waals surface area (Å²) < 4.78 is 0. The number of unbranched alkanes of at least 4 members (excludes halogenated alkanes) is 4. The Labute approximate surface area is 314 Å². The molecule has 7 rings (SSSR count). The molecule has 2 N–H and O–H groups in total. The van der Waals surface area contributed by atoms with E-state index < -0.39 is 0 Å². The maximum Gasteiger partial charge on any atom is 0.0741 e. The lowest BCUT2D eigenvalue weighted by molar-refractivity contribution is 0.433. The van der Waals surface area contributed by atoms with E-state index in [1.807, 2.05) is 24.3 Å². The quantitative estimate of drug-likeness (QED) is 0.125. The molecule has 0 unspecified atom stereocenters. The van der Waals surface area contributed by atoms with Gasteiger partial charge in [0.2, 0.25) is 0 Å². The largest absolute Gasteiger partial charge is 0.384 e. The van der Waals surface area contributed by atoms with Crippen molar-refractivity contribution in [3.8, 4) is 0 Å². The van der Waals surface area contributed by atoms with Gasteiger partial charge in [0.05, 0.1) is 11.0 Å². The van der Waals surface area contributed by atoms with Crippen molar-refractivity contribution in [3.63, 3.8) is 0 Å². The normalized spacial score (nSPS) is 17.6. The molecule has 0 spiro atoms. The minimum Gasteiger partial charge on any atom is -0.384 e. The van der Waals surface area contributed by atoms with Crippen LogP contribution in [0.5, 0.6) is 0 Å². The Bertz CT molecular complexity index is 1710. The van der Waals surface area contributed by atoms with Crippen molar-refractivity contribution in [2.75, 3.05) is 23.7 Å². The fraction of sp³-hybridized carbons (Fsp3) is 0.459. The summed E-state index contributed by atoms with van der Waals surface area (Å²) in [6, 6.07) is 12.3. The number of hydrogen-bond acceptors (Lipinski definition) is 4. The number of benzene rings is 2. The third kappa shape index (κ3) is 8.74. The van der Waals surface area contributed by atoms with Crippen LogP contribution in [-0.4, -0.2) is 23.1 Å². The van der Waals surface area contributed by atoms with E-state index in [4.69, 9.17) is 33.2 Å². The molecular weight excluding hydrogens is 713 g/mol. The molecule has 4 aromatic rings. The van der Waals surface area contributed by atoms with Gasteiger partial charge in [-0.05, 0) is 119 Å². The number of nitrogens with one attached hydrogen (secondary N) is 2. The zero-order valence-electron chi connectivity index (χ0n) is 26.9. The Morgan fingerprint density at radius 1 is 0.702 bits per heavy atom. The number of allylic oxidation sites excluding steroid dienone is 2. The molecule has 2 heterocycles. The predicted molar refractivity (Wildman–Crippen MR) is 212 cm³/mol. The Morgan fingerprint density at radius 2 is 1.28 bits per heavy atom. The zero-order chi connectivity index (χ0) is 29.3. The number of halogens is 6. The summed E-state index contributed by atoms with van der Waals surface area (Å²) in [6.45, 7) is 4.29. The Hall–Kier alpha value is -1.66. The van der Waals surface area contributed by atoms with Crippen molar-refractivity contribution < 1.29 is 0 Å². The lowest BCUT2D eigenvalue weighted by Crippen LogP contribution is -2.24. The van der Waals surface area contributed by atoms with Crippen LogP contribution in [0, 0.1) is 5.92 Å². The van der Waals surface area contributed by atoms with Gasteiger partial charge in [0.1, 0.15) is 0 Å². The third-order valence-electron chi connectivity index (χ3n) is 9.79. The summed E-state index contributed by atoms with van der Waals surface area (Å²) in [5.74, 6) is 1.19. The van der Waals surface area contributed by atoms with Crippen LogP contribution in [0.1, 0.15) is 93.1 Å². The van der Waals surface area contributed by atoms with E-state index in [1.165, 1.54) is 102 Å². The van der Waals surface area contributed by atoms with Gasteiger partial charge < -0.3 is 10.6 Å². The Balaban J connectivity index is 0.00000150. The van der Waals surface area contributed by atoms with Crippen LogP contribution in [0.4, 0.5) is 11.4 Å². The van der Waals surface area contributed by atoms with Crippen LogP contribution in [0.25, 0.3) is 21.8 Å². The average Bonchev–Trinajstić information content (AvgIpc) is 2.98. The van der Waals surface area contributed by atoms with E-state index in [9.17, 15) is 0 Å². The maximum absolute atomic E-state index is 6.38. The van der Waals surface area contributed by atoms with Gasteiger partial charge in [-0.3, -0.25) is 9.97 Å². The number of rotatable bonds is 10. The SMILES string of the molecule is CC1=C[C@H]2Cc3nc4cc(Cl)ccc4c(NCCCCCCCNc4c5c(nc6cc(Cl)ccc46)CCCC5)c3[C@@H](C1)C2.Cl.Cl.Cl.Cl. The Kier molecular flexibility index (Phi) is 15.1. The standard InChI is InChI=1S/C37H42Cl2N4.4ClH/c1-23-17-24-19-25(18-23)35-34(20-24)43-33-22-27(39)12-14-30(33)37(35)41-16-8-4-2-3-7-15-40-36-28-9-5-6-10-31(28)42-32-21-26(38)11-13-29(32)36;;;;/h11-14,17,21-22,24-25H,2-10,15-16,18-20H2,1H3,(H,40,42)(H,41,43);4*1H/t24-,25+;;;;/m1..../s1. The van der Waals surface area contributed by atoms with Crippen LogP contribution in [0.3, 0.4) is 0 Å². The number of pyridine rings is 2. The molecule has 47 heavy (non-hydrogen) atoms. The molecule has 256 valence electrons. The zero-order valence-corrected chi connectivity index (χ0v) is 31.7. The summed E-state index contributed by atoms with van der Waals surface area (Å²) in [4.78, 5) is 10.1. The molecule has 2 aromatic heterocycles. The highest BCUT2D eigenvalue weighted by Crippen LogP contribution is 2.47. The molecule has 0 fully saturated rings. The third-order valence-corrected chi connectivity index (χ3v) is 10.3. The molecule has 2 bridgehead atoms. The predicted octanol–water partition coefficient (Wildman–Crippen LogP) is 12.1. The fourth-order valence-electron chi connectivity index (χ4n) is 7.88. The van der Waals surface area contributed by atoms with Crippen molar-refractivity contribution in [3.05, 3.63) is 80.6 Å². The molecule has 0 saturated heterocycles. The first-order valence-electron chi connectivity index (χ1n) is 16.4. The minimum absolute atomic E-state index is 0. The van der Waals surface area contributed by atoms with E-state index in [0.29, 0.717) is 11.8 Å². The van der Waals surface area contributed by atoms with Crippen LogP contribution >= 0.6 is 72.8 Å². The monoisotopic (exact) mass is 756 g/mol. The van der Waals surface area contributed by atoms with Crippen molar-refractivity contribution in [2.45, 2.75) is 89.9 Å². The molecular formula is C37H46Cl6N4. The molecule has 0 amide bonds. The molecule has 0 radical (unpaired) electrons. The fourth-order valence-corrected chi connectivity index (χ4v) is 8.22. The van der Waals surface area contributed by atoms with Crippen molar-refractivity contribution >= 4 is 106 Å². The van der Waals surface area contributed by atoms with Crippen LogP contribution in [0.2, 0.25) is 10.0 Å². The van der Waals surface area contributed by atoms with Crippen molar-refractivity contribution in [1.82, 2.24) is 9.97 Å². The van der Waals surface area contributed by atoms with Gasteiger partial charge in [-0.2, -0.15) is 0 Å². The van der Waals surface area contributed by atoms with Gasteiger partial charge in [-0.25, -0.2) is 0 Å². The number of anilines is 2. The van der Waals surface area contributed by atoms with Gasteiger partial charge in [-0.1, -0.05) is 54.1 Å². The van der Waals surface area contributed by atoms with Crippen LogP contribution < -0.4 is 10.6 Å². The Morgan fingerprint density at radius 3 is 1.96 bits per heavy atom. The summed E-state index contributed by atoms with van der Waals surface area (Å²) in [5.41, 5.74) is 11.6. The molecule has 10 heteroatoms. The van der Waals surface area contributed by atoms with E-state index in [1.54, 1.807) is 0 Å². The van der Waals surface area contributed by atoms with E-state index >= 15 is 0 Å². The van der Waals surface area contributed by atoms with E-state index in [0.717, 1.165) is 59.9 Å². The smallest absolute Gasteiger partial charge is 0.0741 e. The van der Waals surface area contributed by atoms with Gasteiger partial charge in [0.15, 0.2) is 0 Å². The summed E-state index contributed by atoms with van der Waals surface area (Å²) in [7, 11) is 0. The average molecular weight is 760 g/mol. The molecule has 0 saturated carbocycles. The molecule has 2 aromatic carbocycles. The van der Waals surface area contributed by atoms with E-state index in [2.05, 4.69) is 35.8 Å². The molecule has 3 aliphatic carbocycles. The maximum atomic E-state index is 6.38. The molecule has 2 atom stereocenters. The highest BCUT2D eigenvalue weighted by molar-refractivity contribution is 6.31. The van der Waals surface area contributed by atoms with Crippen molar-refractivity contribution in [1.29, 1.82) is 0 Å². The summed E-state index contributed by atoms with van der Waals surface area (Å²) >= 11 is 12.7. The number of fused-ring (bicyclic) bond motifs is 7. The van der Waals surface area contributed by atoms with Gasteiger partial charge in [0.25, 0.3) is 0 Å². The van der Waals surface area contributed by atoms with Gasteiger partial charge in [-0.15, -0.1) is 49.6 Å². The van der Waals surface area contributed by atoms with Crippen LogP contribution in [-0.2, 0) is 19.3 Å². The number of aryl methyl sites for hydroxylation is 1. The first kappa shape index (κ1) is 39.8. The summed E-state index contributed by atoms with van der Waals surface area (Å²) in [6.07, 6.45) is 16.7. The topological polar surface area (TPSA) is 49.8 Å². The number of hydrogen-bond donors (Lipinski definition) is 2. The number of aromatic nitrogens is 2. The molecule has 3 aliphatic rings. The minimum atomic E-state index is 0. The lowest BCUT2D eigenvalue weighted by Gasteiger charge is -2.36.